The van der Waals surface area contributed by atoms with Crippen molar-refractivity contribution in [2.45, 2.75) is 18.4 Å². The monoisotopic (exact) mass is 378 g/mol. The van der Waals surface area contributed by atoms with Crippen LogP contribution in [0.4, 0.5) is 10.5 Å². The average molecular weight is 379 g/mol. The summed E-state index contributed by atoms with van der Waals surface area (Å²) in [6, 6.07) is 11.6. The van der Waals surface area contributed by atoms with Crippen LogP contribution in [0.3, 0.4) is 0 Å². The molecule has 0 unspecified atom stereocenters. The summed E-state index contributed by atoms with van der Waals surface area (Å²) in [5.41, 5.74) is 1.26. The Labute approximate surface area is 155 Å². The molecule has 2 aromatic rings. The second-order valence-corrected chi connectivity index (χ2v) is 6.70. The van der Waals surface area contributed by atoms with Crippen molar-refractivity contribution in [1.29, 1.82) is 0 Å². The molecule has 1 aliphatic rings. The molecule has 1 aliphatic carbocycles. The summed E-state index contributed by atoms with van der Waals surface area (Å²) in [6.07, 6.45) is 1.69. The van der Waals surface area contributed by atoms with Gasteiger partial charge in [-0.25, -0.2) is 9.59 Å². The Hall–Kier alpha value is -2.24. The van der Waals surface area contributed by atoms with Crippen molar-refractivity contribution in [3.63, 3.8) is 0 Å². The summed E-state index contributed by atoms with van der Waals surface area (Å²) >= 11 is 12.0. The van der Waals surface area contributed by atoms with Crippen molar-refractivity contribution in [2.24, 2.45) is 0 Å². The third-order valence-corrected chi connectivity index (χ3v) is 4.72. The maximum absolute atomic E-state index is 12.4. The zero-order valence-corrected chi connectivity index (χ0v) is 14.9. The highest BCUT2D eigenvalue weighted by molar-refractivity contribution is 6.33. The number of amides is 2. The number of ether oxygens (including phenoxy) is 1. The Kier molecular flexibility index (Phi) is 4.88. The summed E-state index contributed by atoms with van der Waals surface area (Å²) in [5.74, 6) is -0.500. The van der Waals surface area contributed by atoms with Crippen LogP contribution in [0.15, 0.2) is 42.5 Å². The number of hydrogen-bond donors (Lipinski definition) is 2. The van der Waals surface area contributed by atoms with Crippen molar-refractivity contribution in [1.82, 2.24) is 5.32 Å². The molecule has 0 spiro atoms. The van der Waals surface area contributed by atoms with E-state index in [2.05, 4.69) is 15.4 Å². The van der Waals surface area contributed by atoms with E-state index >= 15 is 0 Å². The molecule has 2 N–H and O–H groups in total. The second-order valence-electron chi connectivity index (χ2n) is 5.85. The van der Waals surface area contributed by atoms with Crippen molar-refractivity contribution in [2.75, 3.05) is 12.4 Å². The molecular formula is C18H16Cl2N2O3. The Morgan fingerprint density at radius 1 is 1.08 bits per heavy atom. The van der Waals surface area contributed by atoms with Gasteiger partial charge < -0.3 is 15.4 Å². The number of esters is 1. The van der Waals surface area contributed by atoms with Gasteiger partial charge in [0.25, 0.3) is 0 Å². The first kappa shape index (κ1) is 17.6. The largest absolute Gasteiger partial charge is 0.465 e. The summed E-state index contributed by atoms with van der Waals surface area (Å²) in [4.78, 5) is 24.0. The lowest BCUT2D eigenvalue weighted by Gasteiger charge is -2.19. The lowest BCUT2D eigenvalue weighted by molar-refractivity contribution is 0.0600. The van der Waals surface area contributed by atoms with Gasteiger partial charge in [0.15, 0.2) is 0 Å². The highest BCUT2D eigenvalue weighted by Crippen LogP contribution is 2.45. The van der Waals surface area contributed by atoms with Crippen LogP contribution in [0.25, 0.3) is 0 Å². The number of nitrogens with one attached hydrogen (secondary N) is 2. The van der Waals surface area contributed by atoms with E-state index in [-0.39, 0.29) is 5.54 Å². The van der Waals surface area contributed by atoms with Gasteiger partial charge in [0.2, 0.25) is 0 Å². The zero-order valence-electron chi connectivity index (χ0n) is 13.4. The summed E-state index contributed by atoms with van der Waals surface area (Å²) in [5, 5.41) is 6.65. The van der Waals surface area contributed by atoms with Crippen LogP contribution in [0.1, 0.15) is 28.8 Å². The lowest BCUT2D eigenvalue weighted by Crippen LogP contribution is -2.38. The Morgan fingerprint density at radius 2 is 1.76 bits per heavy atom. The molecule has 0 aliphatic heterocycles. The molecule has 2 aromatic carbocycles. The van der Waals surface area contributed by atoms with Crippen LogP contribution >= 0.6 is 23.2 Å². The maximum Gasteiger partial charge on any atom is 0.337 e. The van der Waals surface area contributed by atoms with Gasteiger partial charge in [0, 0.05) is 5.02 Å². The molecule has 1 saturated carbocycles. The molecule has 5 nitrogen and oxygen atoms in total. The molecular weight excluding hydrogens is 363 g/mol. The van der Waals surface area contributed by atoms with Crippen LogP contribution in [-0.2, 0) is 10.3 Å². The van der Waals surface area contributed by atoms with Gasteiger partial charge in [0.05, 0.1) is 28.9 Å². The van der Waals surface area contributed by atoms with E-state index in [0.717, 1.165) is 18.4 Å². The standard InChI is InChI=1S/C18H16Cl2N2O3/c1-25-16(23)11-2-7-14(20)15(10-11)21-17(24)22-18(8-9-18)12-3-5-13(19)6-4-12/h2-7,10H,8-9H2,1H3,(H2,21,22,24). The van der Waals surface area contributed by atoms with E-state index in [0.29, 0.717) is 21.3 Å². The highest BCUT2D eigenvalue weighted by atomic mass is 35.5. The fraction of sp³-hybridized carbons (Fsp3) is 0.222. The van der Waals surface area contributed by atoms with Crippen LogP contribution in [-0.4, -0.2) is 19.1 Å². The van der Waals surface area contributed by atoms with Crippen molar-refractivity contribution < 1.29 is 14.3 Å². The van der Waals surface area contributed by atoms with E-state index in [1.807, 2.05) is 12.1 Å². The Balaban J connectivity index is 1.73. The molecule has 0 saturated heterocycles. The number of benzene rings is 2. The third-order valence-electron chi connectivity index (χ3n) is 4.14. The normalized spacial score (nSPS) is 14.5. The van der Waals surface area contributed by atoms with E-state index in [4.69, 9.17) is 23.2 Å². The van der Waals surface area contributed by atoms with Gasteiger partial charge in [-0.1, -0.05) is 35.3 Å². The minimum Gasteiger partial charge on any atom is -0.465 e. The number of urea groups is 1. The summed E-state index contributed by atoms with van der Waals surface area (Å²) < 4.78 is 4.67. The summed E-state index contributed by atoms with van der Waals surface area (Å²) in [7, 11) is 1.29. The molecule has 0 bridgehead atoms. The van der Waals surface area contributed by atoms with Crippen molar-refractivity contribution in [3.05, 3.63) is 63.6 Å². The van der Waals surface area contributed by atoms with Crippen LogP contribution < -0.4 is 10.6 Å². The van der Waals surface area contributed by atoms with Crippen LogP contribution in [0, 0.1) is 0 Å². The van der Waals surface area contributed by atoms with Gasteiger partial charge in [-0.3, -0.25) is 0 Å². The molecule has 7 heteroatoms. The topological polar surface area (TPSA) is 67.4 Å². The number of rotatable bonds is 4. The van der Waals surface area contributed by atoms with Crippen molar-refractivity contribution >= 4 is 40.9 Å². The fourth-order valence-electron chi connectivity index (χ4n) is 2.62. The molecule has 0 heterocycles. The maximum atomic E-state index is 12.4. The fourth-order valence-corrected chi connectivity index (χ4v) is 2.91. The van der Waals surface area contributed by atoms with Gasteiger partial charge in [-0.2, -0.15) is 0 Å². The molecule has 0 aromatic heterocycles. The predicted molar refractivity (Wildman–Crippen MR) is 97.3 cm³/mol. The molecule has 0 radical (unpaired) electrons. The summed E-state index contributed by atoms with van der Waals surface area (Å²) in [6.45, 7) is 0. The zero-order chi connectivity index (χ0) is 18.0. The van der Waals surface area contributed by atoms with Gasteiger partial charge in [0.1, 0.15) is 0 Å². The number of carbonyl (C=O) groups is 2. The quantitative estimate of drug-likeness (QED) is 0.764. The second kappa shape index (κ2) is 6.94. The highest BCUT2D eigenvalue weighted by Gasteiger charge is 2.45. The van der Waals surface area contributed by atoms with Gasteiger partial charge >= 0.3 is 12.0 Å². The molecule has 2 amide bonds. The van der Waals surface area contributed by atoms with E-state index in [9.17, 15) is 9.59 Å². The smallest absolute Gasteiger partial charge is 0.337 e. The number of hydrogen-bond acceptors (Lipinski definition) is 3. The number of anilines is 1. The average Bonchev–Trinajstić information content (AvgIpc) is 3.37. The van der Waals surface area contributed by atoms with E-state index in [1.165, 1.54) is 25.3 Å². The number of halogens is 2. The van der Waals surface area contributed by atoms with Crippen molar-refractivity contribution in [3.8, 4) is 0 Å². The lowest BCUT2D eigenvalue weighted by atomic mass is 10.1. The molecule has 3 rings (SSSR count). The number of methoxy groups -OCH3 is 1. The SMILES string of the molecule is COC(=O)c1ccc(Cl)c(NC(=O)NC2(c3ccc(Cl)cc3)CC2)c1. The van der Waals surface area contributed by atoms with Gasteiger partial charge in [-0.15, -0.1) is 0 Å². The van der Waals surface area contributed by atoms with Crippen LogP contribution in [0.5, 0.6) is 0 Å². The molecule has 25 heavy (non-hydrogen) atoms. The Morgan fingerprint density at radius 3 is 2.36 bits per heavy atom. The first-order valence-corrected chi connectivity index (χ1v) is 8.42. The molecule has 0 atom stereocenters. The van der Waals surface area contributed by atoms with E-state index < -0.39 is 12.0 Å². The predicted octanol–water partition coefficient (Wildman–Crippen LogP) is 4.59. The first-order chi connectivity index (χ1) is 11.9. The first-order valence-electron chi connectivity index (χ1n) is 7.67. The number of carbonyl (C=O) groups excluding carboxylic acids is 2. The van der Waals surface area contributed by atoms with Crippen LogP contribution in [0.2, 0.25) is 10.0 Å². The molecule has 130 valence electrons. The van der Waals surface area contributed by atoms with Gasteiger partial charge in [-0.05, 0) is 48.7 Å². The third kappa shape index (κ3) is 3.89. The van der Waals surface area contributed by atoms with E-state index in [1.54, 1.807) is 12.1 Å². The Bertz CT molecular complexity index is 818. The molecule has 1 fully saturated rings. The minimum absolute atomic E-state index is 0.307. The minimum atomic E-state index is -0.500.